The predicted octanol–water partition coefficient (Wildman–Crippen LogP) is 0.282. The van der Waals surface area contributed by atoms with E-state index in [-0.39, 0.29) is 10.8 Å². The highest BCUT2D eigenvalue weighted by Gasteiger charge is 2.26. The van der Waals surface area contributed by atoms with Crippen LogP contribution in [0.1, 0.15) is 23.2 Å². The van der Waals surface area contributed by atoms with Crippen LogP contribution in [0, 0.1) is 0 Å². The quantitative estimate of drug-likeness (QED) is 0.718. The summed E-state index contributed by atoms with van der Waals surface area (Å²) in [7, 11) is -3.84. The molecule has 0 aliphatic carbocycles. The number of sulfonamides is 1. The first-order valence-corrected chi connectivity index (χ1v) is 7.92. The molecule has 9 heteroatoms. The zero-order chi connectivity index (χ0) is 13.2. The molecular weight excluding hydrogens is 278 g/mol. The topological polar surface area (TPSA) is 112 Å². The van der Waals surface area contributed by atoms with Crippen molar-refractivity contribution in [1.82, 2.24) is 14.9 Å². The molecule has 1 fully saturated rings. The molecule has 7 nitrogen and oxygen atoms in total. The maximum absolute atomic E-state index is 11.9. The maximum atomic E-state index is 11.9. The molecule has 1 aliphatic rings. The van der Waals surface area contributed by atoms with E-state index in [0.29, 0.717) is 6.54 Å². The van der Waals surface area contributed by atoms with Crippen molar-refractivity contribution in [3.8, 4) is 0 Å². The van der Waals surface area contributed by atoms with Crippen LogP contribution in [0.3, 0.4) is 0 Å². The van der Waals surface area contributed by atoms with Gasteiger partial charge in [-0.15, -0.1) is 0 Å². The number of rotatable bonds is 5. The average molecular weight is 291 g/mol. The highest BCUT2D eigenvalue weighted by atomic mass is 32.2. The van der Waals surface area contributed by atoms with E-state index >= 15 is 0 Å². The maximum Gasteiger partial charge on any atom is 0.340 e. The van der Waals surface area contributed by atoms with Gasteiger partial charge in [0.25, 0.3) is 10.0 Å². The molecule has 2 rings (SSSR count). The van der Waals surface area contributed by atoms with Gasteiger partial charge in [-0.3, -0.25) is 5.10 Å². The van der Waals surface area contributed by atoms with Crippen molar-refractivity contribution in [3.05, 3.63) is 11.8 Å². The van der Waals surface area contributed by atoms with Crippen LogP contribution in [-0.2, 0) is 10.0 Å². The third-order valence-corrected chi connectivity index (χ3v) is 5.42. The van der Waals surface area contributed by atoms with Gasteiger partial charge in [-0.1, -0.05) is 0 Å². The second-order valence-electron chi connectivity index (χ2n) is 3.90. The van der Waals surface area contributed by atoms with Gasteiger partial charge in [0.05, 0.1) is 6.20 Å². The molecule has 0 saturated carbocycles. The first kappa shape index (κ1) is 13.4. The smallest absolute Gasteiger partial charge is 0.340 e. The summed E-state index contributed by atoms with van der Waals surface area (Å²) >= 11 is 1.72. The Bertz CT molecular complexity index is 534. The van der Waals surface area contributed by atoms with E-state index in [1.54, 1.807) is 11.8 Å². The van der Waals surface area contributed by atoms with Crippen molar-refractivity contribution in [2.45, 2.75) is 23.1 Å². The largest absolute Gasteiger partial charge is 0.478 e. The minimum absolute atomic E-state index is 0.260. The van der Waals surface area contributed by atoms with Gasteiger partial charge in [0.1, 0.15) is 5.56 Å². The van der Waals surface area contributed by atoms with E-state index in [4.69, 9.17) is 5.11 Å². The second kappa shape index (κ2) is 5.29. The Morgan fingerprint density at radius 1 is 1.67 bits per heavy atom. The van der Waals surface area contributed by atoms with Crippen LogP contribution in [-0.4, -0.2) is 47.2 Å². The molecule has 0 amide bonds. The molecule has 1 aromatic rings. The molecule has 1 aromatic heterocycles. The lowest BCUT2D eigenvalue weighted by molar-refractivity contribution is 0.0692. The average Bonchev–Trinajstić information content (AvgIpc) is 2.98. The first-order valence-electron chi connectivity index (χ1n) is 5.38. The third kappa shape index (κ3) is 2.85. The summed E-state index contributed by atoms with van der Waals surface area (Å²) in [5.41, 5.74) is -0.346. The fourth-order valence-electron chi connectivity index (χ4n) is 1.71. The number of nitrogens with zero attached hydrogens (tertiary/aromatic N) is 1. The Kier molecular flexibility index (Phi) is 3.93. The standard InChI is InChI=1S/C9H13N3O4S2/c13-9(14)7-5-10-12-8(7)18(15,16)11-4-6-2-1-3-17-6/h5-6,11H,1-4H2,(H,10,12)(H,13,14). The molecule has 2 heterocycles. The van der Waals surface area contributed by atoms with Gasteiger partial charge in [0, 0.05) is 11.8 Å². The lowest BCUT2D eigenvalue weighted by Crippen LogP contribution is -2.31. The normalized spacial score (nSPS) is 20.1. The van der Waals surface area contributed by atoms with Crippen molar-refractivity contribution in [2.24, 2.45) is 0 Å². The van der Waals surface area contributed by atoms with Gasteiger partial charge < -0.3 is 5.11 Å². The second-order valence-corrected chi connectivity index (χ2v) is 7.02. The number of aromatic amines is 1. The number of carbonyl (C=O) groups is 1. The van der Waals surface area contributed by atoms with Gasteiger partial charge >= 0.3 is 5.97 Å². The molecular formula is C9H13N3O4S2. The van der Waals surface area contributed by atoms with Crippen LogP contribution in [0.4, 0.5) is 0 Å². The molecule has 100 valence electrons. The minimum Gasteiger partial charge on any atom is -0.478 e. The van der Waals surface area contributed by atoms with Crippen LogP contribution < -0.4 is 4.72 Å². The van der Waals surface area contributed by atoms with Crippen molar-refractivity contribution in [1.29, 1.82) is 0 Å². The van der Waals surface area contributed by atoms with E-state index in [1.165, 1.54) is 0 Å². The van der Waals surface area contributed by atoms with E-state index < -0.39 is 21.0 Å². The Morgan fingerprint density at radius 2 is 2.44 bits per heavy atom. The first-order chi connectivity index (χ1) is 8.50. The summed E-state index contributed by atoms with van der Waals surface area (Å²) < 4.78 is 26.3. The number of hydrogen-bond donors (Lipinski definition) is 3. The molecule has 3 N–H and O–H groups in total. The Hall–Kier alpha value is -1.06. The van der Waals surface area contributed by atoms with Crippen LogP contribution in [0.25, 0.3) is 0 Å². The van der Waals surface area contributed by atoms with Gasteiger partial charge in [0.2, 0.25) is 0 Å². The number of aromatic carboxylic acids is 1. The number of hydrogen-bond acceptors (Lipinski definition) is 5. The molecule has 1 saturated heterocycles. The zero-order valence-electron chi connectivity index (χ0n) is 9.42. The van der Waals surface area contributed by atoms with Crippen molar-refractivity contribution < 1.29 is 18.3 Å². The van der Waals surface area contributed by atoms with E-state index in [9.17, 15) is 13.2 Å². The summed E-state index contributed by atoms with van der Waals surface area (Å²) in [6, 6.07) is 0. The number of carboxylic acid groups (broad SMARTS) is 1. The van der Waals surface area contributed by atoms with E-state index in [1.807, 2.05) is 0 Å². The lowest BCUT2D eigenvalue weighted by atomic mass is 10.2. The Morgan fingerprint density at radius 3 is 3.06 bits per heavy atom. The fourth-order valence-corrected chi connectivity index (χ4v) is 4.19. The Balaban J connectivity index is 2.09. The molecule has 0 bridgehead atoms. The van der Waals surface area contributed by atoms with E-state index in [0.717, 1.165) is 24.8 Å². The summed E-state index contributed by atoms with van der Waals surface area (Å²) in [6.07, 6.45) is 3.05. The highest BCUT2D eigenvalue weighted by Crippen LogP contribution is 2.25. The fraction of sp³-hybridized carbons (Fsp3) is 0.556. The molecule has 18 heavy (non-hydrogen) atoms. The van der Waals surface area contributed by atoms with Gasteiger partial charge in [-0.05, 0) is 18.6 Å². The number of H-pyrrole nitrogens is 1. The summed E-state index contributed by atoms with van der Waals surface area (Å²) in [6.45, 7) is 0.311. The minimum atomic E-state index is -3.84. The molecule has 0 spiro atoms. The number of nitrogens with one attached hydrogen (secondary N) is 2. The Labute approximate surface area is 108 Å². The van der Waals surface area contributed by atoms with Crippen LogP contribution in [0.15, 0.2) is 11.2 Å². The number of aromatic nitrogens is 2. The predicted molar refractivity (Wildman–Crippen MR) is 66.2 cm³/mol. The summed E-state index contributed by atoms with van der Waals surface area (Å²) in [4.78, 5) is 10.8. The van der Waals surface area contributed by atoms with Crippen LogP contribution >= 0.6 is 11.8 Å². The molecule has 1 unspecified atom stereocenters. The SMILES string of the molecule is O=C(O)c1cn[nH]c1S(=O)(=O)NCC1CCCS1. The molecule has 0 radical (unpaired) electrons. The monoisotopic (exact) mass is 291 g/mol. The number of thioether (sulfide) groups is 1. The summed E-state index contributed by atoms with van der Waals surface area (Å²) in [5, 5.41) is 14.4. The van der Waals surface area contributed by atoms with Crippen molar-refractivity contribution >= 4 is 27.8 Å². The van der Waals surface area contributed by atoms with Crippen molar-refractivity contribution in [2.75, 3.05) is 12.3 Å². The summed E-state index contributed by atoms with van der Waals surface area (Å²) in [5.74, 6) is -0.282. The van der Waals surface area contributed by atoms with Crippen LogP contribution in [0.2, 0.25) is 0 Å². The molecule has 1 aliphatic heterocycles. The van der Waals surface area contributed by atoms with E-state index in [2.05, 4.69) is 14.9 Å². The van der Waals surface area contributed by atoms with Gasteiger partial charge in [-0.2, -0.15) is 16.9 Å². The van der Waals surface area contributed by atoms with Crippen LogP contribution in [0.5, 0.6) is 0 Å². The van der Waals surface area contributed by atoms with Gasteiger partial charge in [-0.25, -0.2) is 17.9 Å². The zero-order valence-corrected chi connectivity index (χ0v) is 11.1. The van der Waals surface area contributed by atoms with Gasteiger partial charge in [0.15, 0.2) is 5.03 Å². The van der Waals surface area contributed by atoms with Crippen molar-refractivity contribution in [3.63, 3.8) is 0 Å². The number of carboxylic acids is 1. The molecule has 1 atom stereocenters. The highest BCUT2D eigenvalue weighted by molar-refractivity contribution is 8.00. The lowest BCUT2D eigenvalue weighted by Gasteiger charge is -2.10. The molecule has 0 aromatic carbocycles. The third-order valence-electron chi connectivity index (χ3n) is 2.63.